The van der Waals surface area contributed by atoms with E-state index in [1.807, 2.05) is 0 Å². The van der Waals surface area contributed by atoms with Gasteiger partial charge in [-0.25, -0.2) is 13.6 Å². The Balaban J connectivity index is 3.27. The average Bonchev–Trinajstić information content (AvgIpc) is 2.20. The van der Waals surface area contributed by atoms with Crippen molar-refractivity contribution in [1.29, 1.82) is 0 Å². The summed E-state index contributed by atoms with van der Waals surface area (Å²) >= 11 is 5.95. The molecule has 0 aliphatic heterocycles. The number of esters is 1. The molecule has 1 aromatic rings. The molecule has 0 amide bonds. The lowest BCUT2D eigenvalue weighted by Gasteiger charge is -2.07. The second-order valence-corrected chi connectivity index (χ2v) is 4.06. The standard InChI is InChI=1S/C8H5Br2F2NO2/c1-15-8(14)3-2-13-6(7(11)12)5(10)4(3)9/h2,7H,1H3. The molecule has 0 aromatic carbocycles. The molecule has 0 radical (unpaired) electrons. The fraction of sp³-hybridized carbons (Fsp3) is 0.250. The minimum absolute atomic E-state index is 0.0559. The number of carbonyl (C=O) groups is 1. The quantitative estimate of drug-likeness (QED) is 0.772. The smallest absolute Gasteiger partial charge is 0.340 e. The van der Waals surface area contributed by atoms with E-state index in [9.17, 15) is 13.6 Å². The Morgan fingerprint density at radius 2 is 2.07 bits per heavy atom. The van der Waals surface area contributed by atoms with Crippen molar-refractivity contribution in [2.75, 3.05) is 7.11 Å². The molecule has 3 nitrogen and oxygen atoms in total. The zero-order valence-corrected chi connectivity index (χ0v) is 10.6. The zero-order chi connectivity index (χ0) is 11.6. The number of halogens is 4. The van der Waals surface area contributed by atoms with Crippen molar-refractivity contribution in [3.63, 3.8) is 0 Å². The highest BCUT2D eigenvalue weighted by atomic mass is 79.9. The van der Waals surface area contributed by atoms with Crippen molar-refractivity contribution in [2.45, 2.75) is 6.43 Å². The van der Waals surface area contributed by atoms with Crippen LogP contribution in [0.5, 0.6) is 0 Å². The lowest BCUT2D eigenvalue weighted by Crippen LogP contribution is -2.05. The van der Waals surface area contributed by atoms with Crippen molar-refractivity contribution in [1.82, 2.24) is 4.98 Å². The van der Waals surface area contributed by atoms with E-state index in [1.165, 1.54) is 7.11 Å². The topological polar surface area (TPSA) is 39.2 Å². The van der Waals surface area contributed by atoms with Crippen molar-refractivity contribution < 1.29 is 18.3 Å². The van der Waals surface area contributed by atoms with Gasteiger partial charge in [0.25, 0.3) is 6.43 Å². The predicted molar refractivity (Wildman–Crippen MR) is 55.9 cm³/mol. The number of ether oxygens (including phenoxy) is 1. The van der Waals surface area contributed by atoms with Crippen LogP contribution in [0.2, 0.25) is 0 Å². The molecule has 0 N–H and O–H groups in total. The van der Waals surface area contributed by atoms with E-state index < -0.39 is 18.1 Å². The normalized spacial score (nSPS) is 10.5. The number of aromatic nitrogens is 1. The van der Waals surface area contributed by atoms with Gasteiger partial charge in [0.1, 0.15) is 5.69 Å². The van der Waals surface area contributed by atoms with E-state index in [0.29, 0.717) is 0 Å². The van der Waals surface area contributed by atoms with E-state index in [4.69, 9.17) is 0 Å². The second kappa shape index (κ2) is 4.98. The van der Waals surface area contributed by atoms with Crippen LogP contribution in [0, 0.1) is 0 Å². The van der Waals surface area contributed by atoms with Crippen LogP contribution < -0.4 is 0 Å². The van der Waals surface area contributed by atoms with Crippen LogP contribution in [-0.2, 0) is 4.74 Å². The maximum Gasteiger partial charge on any atom is 0.340 e. The highest BCUT2D eigenvalue weighted by Gasteiger charge is 2.21. The highest BCUT2D eigenvalue weighted by molar-refractivity contribution is 9.13. The molecule has 0 saturated carbocycles. The van der Waals surface area contributed by atoms with Crippen molar-refractivity contribution >= 4 is 37.8 Å². The van der Waals surface area contributed by atoms with Gasteiger partial charge in [0.05, 0.1) is 17.1 Å². The molecule has 0 spiro atoms. The monoisotopic (exact) mass is 343 g/mol. The molecule has 82 valence electrons. The Bertz CT molecular complexity index is 398. The summed E-state index contributed by atoms with van der Waals surface area (Å²) in [5.74, 6) is -0.643. The maximum atomic E-state index is 12.4. The number of hydrogen-bond donors (Lipinski definition) is 0. The number of hydrogen-bond acceptors (Lipinski definition) is 3. The number of nitrogens with zero attached hydrogens (tertiary/aromatic N) is 1. The lowest BCUT2D eigenvalue weighted by atomic mass is 10.2. The summed E-state index contributed by atoms with van der Waals surface area (Å²) in [5.41, 5.74) is -0.330. The molecule has 1 rings (SSSR count). The predicted octanol–water partition coefficient (Wildman–Crippen LogP) is 3.33. The van der Waals surface area contributed by atoms with Gasteiger partial charge in [-0.05, 0) is 31.9 Å². The summed E-state index contributed by atoms with van der Waals surface area (Å²) in [6, 6.07) is 0. The largest absolute Gasteiger partial charge is 0.465 e. The van der Waals surface area contributed by atoms with E-state index >= 15 is 0 Å². The van der Waals surface area contributed by atoms with E-state index in [1.54, 1.807) is 0 Å². The van der Waals surface area contributed by atoms with E-state index in [2.05, 4.69) is 41.6 Å². The summed E-state index contributed by atoms with van der Waals surface area (Å²) in [6.45, 7) is 0. The fourth-order valence-corrected chi connectivity index (χ4v) is 1.84. The highest BCUT2D eigenvalue weighted by Crippen LogP contribution is 2.33. The molecule has 0 fully saturated rings. The summed E-state index contributed by atoms with van der Waals surface area (Å²) in [4.78, 5) is 14.6. The number of carbonyl (C=O) groups excluding carboxylic acids is 1. The summed E-state index contributed by atoms with van der Waals surface area (Å²) in [6.07, 6.45) is -1.66. The zero-order valence-electron chi connectivity index (χ0n) is 7.43. The Morgan fingerprint density at radius 3 is 2.53 bits per heavy atom. The van der Waals surface area contributed by atoms with Crippen molar-refractivity contribution in [3.8, 4) is 0 Å². The molecule has 0 aliphatic carbocycles. The molecule has 1 heterocycles. The van der Waals surface area contributed by atoms with Gasteiger partial charge < -0.3 is 4.74 Å². The molecule has 0 atom stereocenters. The van der Waals surface area contributed by atoms with Crippen molar-refractivity contribution in [3.05, 3.63) is 26.4 Å². The molecule has 1 aromatic heterocycles. The van der Waals surface area contributed by atoms with Crippen LogP contribution in [-0.4, -0.2) is 18.1 Å². The average molecular weight is 345 g/mol. The Labute approximate surface area is 101 Å². The third-order valence-electron chi connectivity index (χ3n) is 1.60. The van der Waals surface area contributed by atoms with Gasteiger partial charge in [0.2, 0.25) is 0 Å². The van der Waals surface area contributed by atoms with Crippen LogP contribution in [0.3, 0.4) is 0 Å². The number of alkyl halides is 2. The minimum atomic E-state index is -2.71. The van der Waals surface area contributed by atoms with E-state index in [0.717, 1.165) is 6.20 Å². The summed E-state index contributed by atoms with van der Waals surface area (Å²) in [7, 11) is 1.20. The molecule has 7 heteroatoms. The Morgan fingerprint density at radius 1 is 1.47 bits per heavy atom. The lowest BCUT2D eigenvalue weighted by molar-refractivity contribution is 0.0598. The number of methoxy groups -OCH3 is 1. The van der Waals surface area contributed by atoms with Gasteiger partial charge in [-0.1, -0.05) is 0 Å². The first-order valence-electron chi connectivity index (χ1n) is 3.69. The first kappa shape index (κ1) is 12.5. The minimum Gasteiger partial charge on any atom is -0.465 e. The molecular weight excluding hydrogens is 340 g/mol. The van der Waals surface area contributed by atoms with Crippen LogP contribution in [0.25, 0.3) is 0 Å². The van der Waals surface area contributed by atoms with Gasteiger partial charge in [-0.3, -0.25) is 4.98 Å². The molecule has 15 heavy (non-hydrogen) atoms. The molecule has 0 bridgehead atoms. The molecule has 0 saturated heterocycles. The van der Waals surface area contributed by atoms with Crippen molar-refractivity contribution in [2.24, 2.45) is 0 Å². The first-order chi connectivity index (χ1) is 6.99. The van der Waals surface area contributed by atoms with Gasteiger partial charge in [0, 0.05) is 10.7 Å². The molecular formula is C8H5Br2F2NO2. The van der Waals surface area contributed by atoms with Gasteiger partial charge in [-0.15, -0.1) is 0 Å². The summed E-state index contributed by atoms with van der Waals surface area (Å²) < 4.78 is 29.5. The van der Waals surface area contributed by atoms with Crippen LogP contribution in [0.1, 0.15) is 22.5 Å². The Kier molecular flexibility index (Phi) is 4.15. The van der Waals surface area contributed by atoms with Gasteiger partial charge >= 0.3 is 5.97 Å². The van der Waals surface area contributed by atoms with Crippen LogP contribution in [0.4, 0.5) is 8.78 Å². The number of pyridine rings is 1. The van der Waals surface area contributed by atoms with Crippen LogP contribution in [0.15, 0.2) is 15.1 Å². The first-order valence-corrected chi connectivity index (χ1v) is 5.28. The van der Waals surface area contributed by atoms with Crippen LogP contribution >= 0.6 is 31.9 Å². The van der Waals surface area contributed by atoms with Gasteiger partial charge in [0.15, 0.2) is 0 Å². The third-order valence-corrected chi connectivity index (χ3v) is 3.76. The van der Waals surface area contributed by atoms with Gasteiger partial charge in [-0.2, -0.15) is 0 Å². The molecule has 0 aliphatic rings. The second-order valence-electron chi connectivity index (χ2n) is 2.48. The molecule has 0 unspecified atom stereocenters. The third kappa shape index (κ3) is 2.52. The maximum absolute atomic E-state index is 12.4. The number of rotatable bonds is 2. The van der Waals surface area contributed by atoms with E-state index in [-0.39, 0.29) is 14.5 Å². The Hall–Kier alpha value is -0.560. The SMILES string of the molecule is COC(=O)c1cnc(C(F)F)c(Br)c1Br. The summed E-state index contributed by atoms with van der Waals surface area (Å²) in [5, 5.41) is 0. The fourth-order valence-electron chi connectivity index (χ4n) is 0.883.